The smallest absolute Gasteiger partial charge is 0.0621 e. The maximum Gasteiger partial charge on any atom is 0.0621 e. The second-order valence-electron chi connectivity index (χ2n) is 4.15. The number of nitrogens with zero attached hydrogens (tertiary/aromatic N) is 1. The zero-order chi connectivity index (χ0) is 9.03. The Bertz CT molecular complexity index is 130. The van der Waals surface area contributed by atoms with Crippen LogP contribution >= 0.6 is 0 Å². The number of likely N-dealkylation sites (tertiary alicyclic amines) is 1. The van der Waals surface area contributed by atoms with Gasteiger partial charge in [0.15, 0.2) is 0 Å². The van der Waals surface area contributed by atoms with E-state index in [0.29, 0.717) is 0 Å². The van der Waals surface area contributed by atoms with Gasteiger partial charge in [-0.15, -0.1) is 0 Å². The van der Waals surface area contributed by atoms with Gasteiger partial charge in [-0.2, -0.15) is 0 Å². The summed E-state index contributed by atoms with van der Waals surface area (Å²) >= 11 is 0. The van der Waals surface area contributed by atoms with Crippen molar-refractivity contribution in [1.82, 2.24) is 4.90 Å². The molecule has 0 spiro atoms. The first kappa shape index (κ1) is 9.96. The fraction of sp³-hybridized carbons (Fsp3) is 1.00. The highest BCUT2D eigenvalue weighted by Gasteiger charge is 2.22. The van der Waals surface area contributed by atoms with Gasteiger partial charge in [0, 0.05) is 12.1 Å². The summed E-state index contributed by atoms with van der Waals surface area (Å²) in [5.74, 6) is 0. The molecule has 0 radical (unpaired) electrons. The average Bonchev–Trinajstić information content (AvgIpc) is 2.06. The molecule has 1 atom stereocenters. The highest BCUT2D eigenvalue weighted by molar-refractivity contribution is 4.82. The third-order valence-corrected chi connectivity index (χ3v) is 2.39. The Balaban J connectivity index is 2.28. The predicted octanol–water partition coefficient (Wildman–Crippen LogP) is 0.182. The van der Waals surface area contributed by atoms with Crippen LogP contribution in [0.1, 0.15) is 26.2 Å². The van der Waals surface area contributed by atoms with Crippen LogP contribution in [0.3, 0.4) is 0 Å². The van der Waals surface area contributed by atoms with E-state index in [1.165, 1.54) is 19.3 Å². The van der Waals surface area contributed by atoms with Gasteiger partial charge in [0.2, 0.25) is 0 Å². The van der Waals surface area contributed by atoms with Crippen LogP contribution in [0.2, 0.25) is 0 Å². The number of nitrogens with two attached hydrogens (primary N) is 1. The molecule has 0 amide bonds. The van der Waals surface area contributed by atoms with E-state index in [2.05, 4.69) is 4.90 Å². The van der Waals surface area contributed by atoms with E-state index in [4.69, 9.17) is 10.8 Å². The standard InChI is InChI=1S/C9H20N2O/c1-9(10,8-12)7-11-5-3-2-4-6-11/h12H,2-8,10H2,1H3. The molecule has 1 heterocycles. The van der Waals surface area contributed by atoms with E-state index < -0.39 is 5.54 Å². The minimum absolute atomic E-state index is 0.0729. The van der Waals surface area contributed by atoms with Crippen molar-refractivity contribution in [2.75, 3.05) is 26.2 Å². The Kier molecular flexibility index (Phi) is 3.50. The molecule has 1 aliphatic rings. The minimum atomic E-state index is -0.419. The zero-order valence-corrected chi connectivity index (χ0v) is 7.92. The number of rotatable bonds is 3. The molecule has 1 unspecified atom stereocenters. The topological polar surface area (TPSA) is 49.5 Å². The molecule has 0 aromatic rings. The van der Waals surface area contributed by atoms with Crippen LogP contribution in [-0.4, -0.2) is 41.8 Å². The van der Waals surface area contributed by atoms with Crippen LogP contribution in [0, 0.1) is 0 Å². The summed E-state index contributed by atoms with van der Waals surface area (Å²) in [4.78, 5) is 2.35. The molecule has 0 aromatic heterocycles. The first-order valence-electron chi connectivity index (χ1n) is 4.76. The van der Waals surface area contributed by atoms with Crippen molar-refractivity contribution in [2.45, 2.75) is 31.7 Å². The molecule has 1 saturated heterocycles. The van der Waals surface area contributed by atoms with Crippen LogP contribution in [0.25, 0.3) is 0 Å². The molecule has 12 heavy (non-hydrogen) atoms. The summed E-state index contributed by atoms with van der Waals surface area (Å²) in [6.07, 6.45) is 3.90. The van der Waals surface area contributed by atoms with E-state index in [0.717, 1.165) is 19.6 Å². The first-order chi connectivity index (χ1) is 5.64. The quantitative estimate of drug-likeness (QED) is 0.638. The SMILES string of the molecule is CC(N)(CO)CN1CCCCC1. The van der Waals surface area contributed by atoms with Crippen molar-refractivity contribution in [2.24, 2.45) is 5.73 Å². The molecule has 3 N–H and O–H groups in total. The molecule has 1 rings (SSSR count). The number of hydrogen-bond donors (Lipinski definition) is 2. The van der Waals surface area contributed by atoms with Crippen molar-refractivity contribution in [3.8, 4) is 0 Å². The van der Waals surface area contributed by atoms with Crippen molar-refractivity contribution in [3.05, 3.63) is 0 Å². The average molecular weight is 172 g/mol. The summed E-state index contributed by atoms with van der Waals surface area (Å²) in [5.41, 5.74) is 5.44. The predicted molar refractivity (Wildman–Crippen MR) is 50.0 cm³/mol. The number of piperidine rings is 1. The Labute approximate surface area is 74.5 Å². The normalized spacial score (nSPS) is 25.2. The van der Waals surface area contributed by atoms with Gasteiger partial charge in [0.1, 0.15) is 0 Å². The van der Waals surface area contributed by atoms with Crippen LogP contribution in [0.15, 0.2) is 0 Å². The van der Waals surface area contributed by atoms with Gasteiger partial charge in [-0.1, -0.05) is 6.42 Å². The second kappa shape index (κ2) is 4.21. The Morgan fingerprint density at radius 2 is 1.92 bits per heavy atom. The highest BCUT2D eigenvalue weighted by Crippen LogP contribution is 2.11. The minimum Gasteiger partial charge on any atom is -0.394 e. The fourth-order valence-corrected chi connectivity index (χ4v) is 1.68. The number of hydrogen-bond acceptors (Lipinski definition) is 3. The van der Waals surface area contributed by atoms with Gasteiger partial charge in [-0.25, -0.2) is 0 Å². The molecule has 3 nitrogen and oxygen atoms in total. The van der Waals surface area contributed by atoms with Gasteiger partial charge in [0.05, 0.1) is 6.61 Å². The molecule has 0 aliphatic carbocycles. The lowest BCUT2D eigenvalue weighted by Crippen LogP contribution is -2.51. The summed E-state index contributed by atoms with van der Waals surface area (Å²) in [5, 5.41) is 8.97. The third kappa shape index (κ3) is 3.09. The number of aliphatic hydroxyl groups is 1. The van der Waals surface area contributed by atoms with Crippen LogP contribution in [-0.2, 0) is 0 Å². The van der Waals surface area contributed by atoms with Gasteiger partial charge in [-0.3, -0.25) is 0 Å². The molecular formula is C9H20N2O. The molecule has 3 heteroatoms. The maximum absolute atomic E-state index is 8.97. The second-order valence-corrected chi connectivity index (χ2v) is 4.15. The lowest BCUT2D eigenvalue weighted by molar-refractivity contribution is 0.133. The first-order valence-corrected chi connectivity index (χ1v) is 4.76. The number of aliphatic hydroxyl groups excluding tert-OH is 1. The summed E-state index contributed by atoms with van der Waals surface area (Å²) in [6, 6.07) is 0. The van der Waals surface area contributed by atoms with Crippen LogP contribution in [0.4, 0.5) is 0 Å². The van der Waals surface area contributed by atoms with E-state index >= 15 is 0 Å². The van der Waals surface area contributed by atoms with E-state index in [1.807, 2.05) is 6.92 Å². The van der Waals surface area contributed by atoms with Crippen molar-refractivity contribution in [3.63, 3.8) is 0 Å². The van der Waals surface area contributed by atoms with E-state index in [1.54, 1.807) is 0 Å². The monoisotopic (exact) mass is 172 g/mol. The van der Waals surface area contributed by atoms with Crippen molar-refractivity contribution >= 4 is 0 Å². The van der Waals surface area contributed by atoms with Crippen molar-refractivity contribution in [1.29, 1.82) is 0 Å². The summed E-state index contributed by atoms with van der Waals surface area (Å²) in [7, 11) is 0. The molecule has 0 saturated carbocycles. The van der Waals surface area contributed by atoms with Gasteiger partial charge < -0.3 is 15.7 Å². The summed E-state index contributed by atoms with van der Waals surface area (Å²) < 4.78 is 0. The molecule has 72 valence electrons. The van der Waals surface area contributed by atoms with E-state index in [9.17, 15) is 0 Å². The van der Waals surface area contributed by atoms with Gasteiger partial charge in [-0.05, 0) is 32.9 Å². The maximum atomic E-state index is 8.97. The Morgan fingerprint density at radius 1 is 1.33 bits per heavy atom. The van der Waals surface area contributed by atoms with Crippen LogP contribution in [0.5, 0.6) is 0 Å². The van der Waals surface area contributed by atoms with Gasteiger partial charge in [0.25, 0.3) is 0 Å². The lowest BCUT2D eigenvalue weighted by Gasteiger charge is -2.33. The van der Waals surface area contributed by atoms with Crippen molar-refractivity contribution < 1.29 is 5.11 Å². The zero-order valence-electron chi connectivity index (χ0n) is 7.92. The molecule has 1 fully saturated rings. The van der Waals surface area contributed by atoms with Gasteiger partial charge >= 0.3 is 0 Å². The fourth-order valence-electron chi connectivity index (χ4n) is 1.68. The Hall–Kier alpha value is -0.120. The Morgan fingerprint density at radius 3 is 2.42 bits per heavy atom. The van der Waals surface area contributed by atoms with E-state index in [-0.39, 0.29) is 6.61 Å². The molecule has 1 aliphatic heterocycles. The lowest BCUT2D eigenvalue weighted by atomic mass is 10.0. The third-order valence-electron chi connectivity index (χ3n) is 2.39. The summed E-state index contributed by atoms with van der Waals surface area (Å²) in [6.45, 7) is 5.09. The molecule has 0 bridgehead atoms. The molecule has 0 aromatic carbocycles. The van der Waals surface area contributed by atoms with Crippen LogP contribution < -0.4 is 5.73 Å². The largest absolute Gasteiger partial charge is 0.394 e. The highest BCUT2D eigenvalue weighted by atomic mass is 16.3. The molecular weight excluding hydrogens is 152 g/mol.